The highest BCUT2D eigenvalue weighted by Crippen LogP contribution is 2.23. The van der Waals surface area contributed by atoms with E-state index in [2.05, 4.69) is 12.2 Å². The van der Waals surface area contributed by atoms with Crippen LogP contribution in [0.2, 0.25) is 0 Å². The molecule has 104 valence electrons. The fourth-order valence-electron chi connectivity index (χ4n) is 1.39. The van der Waals surface area contributed by atoms with Crippen LogP contribution in [-0.2, 0) is 9.84 Å². The van der Waals surface area contributed by atoms with Gasteiger partial charge in [0.25, 0.3) is 0 Å². The van der Waals surface area contributed by atoms with E-state index in [4.69, 9.17) is 10.2 Å². The molecule has 0 heterocycles. The third-order valence-electron chi connectivity index (χ3n) is 2.53. The summed E-state index contributed by atoms with van der Waals surface area (Å²) >= 11 is 0. The fraction of sp³-hybridized carbons (Fsp3) is 0.0667. The van der Waals surface area contributed by atoms with Gasteiger partial charge >= 0.3 is 0 Å². The number of allylic oxidation sites excluding steroid dienone is 2. The number of phenolic OH excluding ortho intramolecular Hbond substituents is 2. The molecule has 5 heteroatoms. The van der Waals surface area contributed by atoms with E-state index >= 15 is 0 Å². The molecule has 1 aliphatic rings. The van der Waals surface area contributed by atoms with E-state index in [-0.39, 0.29) is 21.3 Å². The predicted octanol–water partition coefficient (Wildman–Crippen LogP) is 2.88. The van der Waals surface area contributed by atoms with Crippen LogP contribution in [0.25, 0.3) is 0 Å². The first-order valence-corrected chi connectivity index (χ1v) is 7.46. The van der Waals surface area contributed by atoms with Crippen LogP contribution in [-0.4, -0.2) is 18.6 Å². The first-order chi connectivity index (χ1) is 9.50. The van der Waals surface area contributed by atoms with Crippen LogP contribution in [0.3, 0.4) is 0 Å². The summed E-state index contributed by atoms with van der Waals surface area (Å²) in [5.74, 6) is 0.0179. The average Bonchev–Trinajstić information content (AvgIpc) is 3.28. The number of rotatable bonds is 2. The van der Waals surface area contributed by atoms with Crippen molar-refractivity contribution in [2.24, 2.45) is 0 Å². The molecule has 1 aliphatic carbocycles. The maximum Gasteiger partial charge on any atom is 0.206 e. The average molecular weight is 290 g/mol. The van der Waals surface area contributed by atoms with Crippen LogP contribution >= 0.6 is 0 Å². The Morgan fingerprint density at radius 2 is 1.00 bits per heavy atom. The number of aromatic hydroxyl groups is 2. The van der Waals surface area contributed by atoms with Gasteiger partial charge in [-0.2, -0.15) is 0 Å². The van der Waals surface area contributed by atoms with Gasteiger partial charge in [0, 0.05) is 0 Å². The van der Waals surface area contributed by atoms with E-state index in [0.29, 0.717) is 0 Å². The molecular weight excluding hydrogens is 276 g/mol. The van der Waals surface area contributed by atoms with Crippen molar-refractivity contribution >= 4 is 9.84 Å². The van der Waals surface area contributed by atoms with Gasteiger partial charge in [0.1, 0.15) is 11.5 Å². The molecule has 0 fully saturated rings. The Labute approximate surface area is 117 Å². The molecule has 0 aromatic heterocycles. The molecule has 4 nitrogen and oxygen atoms in total. The highest BCUT2D eigenvalue weighted by molar-refractivity contribution is 7.91. The number of phenols is 2. The largest absolute Gasteiger partial charge is 0.508 e. The summed E-state index contributed by atoms with van der Waals surface area (Å²) < 4.78 is 24.2. The number of benzene rings is 2. The zero-order valence-electron chi connectivity index (χ0n) is 10.6. The van der Waals surface area contributed by atoms with Gasteiger partial charge in [0.15, 0.2) is 0 Å². The summed E-state index contributed by atoms with van der Waals surface area (Å²) in [5.41, 5.74) is 0. The molecular formula is C15H14O4S. The van der Waals surface area contributed by atoms with Crippen molar-refractivity contribution in [1.82, 2.24) is 0 Å². The molecule has 0 unspecified atom stereocenters. The Kier molecular flexibility index (Phi) is 4.10. The highest BCUT2D eigenvalue weighted by Gasteiger charge is 2.17. The zero-order chi connectivity index (χ0) is 14.6. The van der Waals surface area contributed by atoms with E-state index in [1.165, 1.54) is 55.0 Å². The van der Waals surface area contributed by atoms with Crippen molar-refractivity contribution in [2.45, 2.75) is 16.2 Å². The molecule has 20 heavy (non-hydrogen) atoms. The second kappa shape index (κ2) is 5.79. The second-order valence-electron chi connectivity index (χ2n) is 4.20. The minimum atomic E-state index is -3.59. The highest BCUT2D eigenvalue weighted by atomic mass is 32.2. The summed E-state index contributed by atoms with van der Waals surface area (Å²) in [7, 11) is -3.59. The SMILES string of the molecule is C1=CC1.O=S(=O)(c1ccc(O)cc1)c1ccc(O)cc1. The molecule has 0 aliphatic heterocycles. The van der Waals surface area contributed by atoms with Crippen molar-refractivity contribution in [1.29, 1.82) is 0 Å². The minimum absolute atomic E-state index is 0.00894. The molecule has 2 aromatic rings. The van der Waals surface area contributed by atoms with Crippen LogP contribution in [0.15, 0.2) is 70.5 Å². The van der Waals surface area contributed by atoms with E-state index < -0.39 is 9.84 Å². The maximum absolute atomic E-state index is 12.1. The Hall–Kier alpha value is -2.27. The predicted molar refractivity (Wildman–Crippen MR) is 75.4 cm³/mol. The molecule has 0 spiro atoms. The number of hydrogen-bond donors (Lipinski definition) is 2. The fourth-order valence-corrected chi connectivity index (χ4v) is 2.65. The van der Waals surface area contributed by atoms with Crippen LogP contribution in [0.5, 0.6) is 11.5 Å². The summed E-state index contributed by atoms with van der Waals surface area (Å²) in [6.45, 7) is 0. The molecule has 0 saturated carbocycles. The van der Waals surface area contributed by atoms with Gasteiger partial charge in [-0.15, -0.1) is 0 Å². The minimum Gasteiger partial charge on any atom is -0.508 e. The third-order valence-corrected chi connectivity index (χ3v) is 4.32. The smallest absolute Gasteiger partial charge is 0.206 e. The molecule has 0 radical (unpaired) electrons. The maximum atomic E-state index is 12.1. The Bertz CT molecular complexity index is 643. The van der Waals surface area contributed by atoms with E-state index in [0.717, 1.165) is 0 Å². The Morgan fingerprint density at radius 1 is 0.700 bits per heavy atom. The summed E-state index contributed by atoms with van der Waals surface area (Å²) in [6.07, 6.45) is 5.50. The first-order valence-electron chi connectivity index (χ1n) is 5.98. The topological polar surface area (TPSA) is 74.6 Å². The van der Waals surface area contributed by atoms with Gasteiger partial charge in [-0.05, 0) is 55.0 Å². The van der Waals surface area contributed by atoms with Crippen molar-refractivity contribution in [3.8, 4) is 11.5 Å². The van der Waals surface area contributed by atoms with Gasteiger partial charge in [0.2, 0.25) is 9.84 Å². The van der Waals surface area contributed by atoms with Gasteiger partial charge in [-0.1, -0.05) is 12.2 Å². The van der Waals surface area contributed by atoms with Crippen molar-refractivity contribution in [3.63, 3.8) is 0 Å². The normalized spacial score (nSPS) is 12.4. The molecule has 3 rings (SSSR count). The molecule has 2 N–H and O–H groups in total. The summed E-state index contributed by atoms with van der Waals surface area (Å²) in [5, 5.41) is 18.2. The van der Waals surface area contributed by atoms with Crippen molar-refractivity contribution in [2.75, 3.05) is 0 Å². The van der Waals surface area contributed by atoms with E-state index in [1.54, 1.807) is 0 Å². The van der Waals surface area contributed by atoms with Crippen molar-refractivity contribution < 1.29 is 18.6 Å². The lowest BCUT2D eigenvalue weighted by atomic mass is 10.3. The third kappa shape index (κ3) is 3.61. The zero-order valence-corrected chi connectivity index (χ0v) is 11.4. The van der Waals surface area contributed by atoms with Crippen molar-refractivity contribution in [3.05, 3.63) is 60.7 Å². The molecule has 0 bridgehead atoms. The van der Waals surface area contributed by atoms with Crippen LogP contribution in [0.4, 0.5) is 0 Å². The van der Waals surface area contributed by atoms with Crippen LogP contribution in [0, 0.1) is 0 Å². The quantitative estimate of drug-likeness (QED) is 0.834. The monoisotopic (exact) mass is 290 g/mol. The van der Waals surface area contributed by atoms with E-state index in [1.807, 2.05) is 0 Å². The summed E-state index contributed by atoms with van der Waals surface area (Å²) in [6, 6.07) is 10.6. The Balaban J connectivity index is 0.000000432. The number of hydrogen-bond acceptors (Lipinski definition) is 4. The van der Waals surface area contributed by atoms with Gasteiger partial charge in [-0.25, -0.2) is 8.42 Å². The molecule has 0 amide bonds. The second-order valence-corrected chi connectivity index (χ2v) is 6.15. The lowest BCUT2D eigenvalue weighted by Gasteiger charge is -2.04. The lowest BCUT2D eigenvalue weighted by molar-refractivity contribution is 0.474. The van der Waals surface area contributed by atoms with Crippen LogP contribution < -0.4 is 0 Å². The van der Waals surface area contributed by atoms with Gasteiger partial charge in [-0.3, -0.25) is 0 Å². The molecule has 2 aromatic carbocycles. The van der Waals surface area contributed by atoms with E-state index in [9.17, 15) is 8.42 Å². The van der Waals surface area contributed by atoms with Gasteiger partial charge < -0.3 is 10.2 Å². The first kappa shape index (κ1) is 14.1. The van der Waals surface area contributed by atoms with Gasteiger partial charge in [0.05, 0.1) is 9.79 Å². The standard InChI is InChI=1S/C12H10O4S.C3H4/c13-9-1-5-11(6-2-9)17(15,16)12-7-3-10(14)4-8-12;1-2-3-1/h1-8,13-14H;1-2H,3H2. The van der Waals surface area contributed by atoms with Crippen LogP contribution in [0.1, 0.15) is 6.42 Å². The Morgan fingerprint density at radius 3 is 1.25 bits per heavy atom. The lowest BCUT2D eigenvalue weighted by Crippen LogP contribution is -2.01. The molecule has 0 atom stereocenters. The summed E-state index contributed by atoms with van der Waals surface area (Å²) in [4.78, 5) is 0.196. The number of sulfone groups is 1. The molecule has 0 saturated heterocycles.